The van der Waals surface area contributed by atoms with Crippen LogP contribution in [0.1, 0.15) is 19.8 Å². The molecule has 0 bridgehead atoms. The standard InChI is InChI=1S/C14H22N2O3S.ClH/c1-3-10-19-13-4-6-14(7-5-13)20(17,18)16-9-8-12(11-16)15-2;/h4-7,12,15H,3,8-11H2,1-2H3;1H. The number of hydrogen-bond donors (Lipinski definition) is 1. The van der Waals surface area contributed by atoms with Crippen LogP contribution in [-0.2, 0) is 10.0 Å². The minimum absolute atomic E-state index is 0. The first-order chi connectivity index (χ1) is 9.57. The lowest BCUT2D eigenvalue weighted by Crippen LogP contribution is -2.33. The Bertz CT molecular complexity index is 534. The first-order valence-corrected chi connectivity index (χ1v) is 8.42. The Morgan fingerprint density at radius 2 is 2.00 bits per heavy atom. The van der Waals surface area contributed by atoms with Crippen LogP contribution in [0.5, 0.6) is 5.75 Å². The second kappa shape index (κ2) is 7.98. The molecule has 0 amide bonds. The van der Waals surface area contributed by atoms with Crippen LogP contribution in [0.25, 0.3) is 0 Å². The number of halogens is 1. The minimum Gasteiger partial charge on any atom is -0.494 e. The first kappa shape index (κ1) is 18.2. The van der Waals surface area contributed by atoms with E-state index in [1.165, 1.54) is 4.31 Å². The molecule has 1 fully saturated rings. The third-order valence-electron chi connectivity index (χ3n) is 3.49. The van der Waals surface area contributed by atoms with Gasteiger partial charge in [-0.25, -0.2) is 8.42 Å². The van der Waals surface area contributed by atoms with Gasteiger partial charge in [-0.1, -0.05) is 6.92 Å². The number of sulfonamides is 1. The van der Waals surface area contributed by atoms with Gasteiger partial charge < -0.3 is 10.1 Å². The molecule has 5 nitrogen and oxygen atoms in total. The van der Waals surface area contributed by atoms with Gasteiger partial charge in [0.15, 0.2) is 0 Å². The van der Waals surface area contributed by atoms with Crippen molar-refractivity contribution in [2.24, 2.45) is 0 Å². The third-order valence-corrected chi connectivity index (χ3v) is 5.37. The van der Waals surface area contributed by atoms with Gasteiger partial charge in [0.05, 0.1) is 11.5 Å². The van der Waals surface area contributed by atoms with Gasteiger partial charge in [-0.05, 0) is 44.2 Å². The lowest BCUT2D eigenvalue weighted by atomic mass is 10.3. The number of ether oxygens (including phenoxy) is 1. The molecule has 0 saturated carbocycles. The Morgan fingerprint density at radius 3 is 2.52 bits per heavy atom. The van der Waals surface area contributed by atoms with Crippen LogP contribution in [-0.4, -0.2) is 45.5 Å². The van der Waals surface area contributed by atoms with Gasteiger partial charge in [0.25, 0.3) is 0 Å². The summed E-state index contributed by atoms with van der Waals surface area (Å²) in [6.45, 7) is 3.78. The van der Waals surface area contributed by atoms with Gasteiger partial charge in [-0.2, -0.15) is 4.31 Å². The number of hydrogen-bond acceptors (Lipinski definition) is 4. The van der Waals surface area contributed by atoms with Crippen LogP contribution in [0.15, 0.2) is 29.2 Å². The molecule has 0 spiro atoms. The summed E-state index contributed by atoms with van der Waals surface area (Å²) in [4.78, 5) is 0.332. The van der Waals surface area contributed by atoms with E-state index in [0.29, 0.717) is 30.3 Å². The molecule has 1 heterocycles. The van der Waals surface area contributed by atoms with Crippen LogP contribution in [0.4, 0.5) is 0 Å². The molecular weight excluding hydrogens is 312 g/mol. The fourth-order valence-corrected chi connectivity index (χ4v) is 3.76. The largest absolute Gasteiger partial charge is 0.494 e. The molecule has 0 aromatic heterocycles. The number of likely N-dealkylation sites (N-methyl/N-ethyl adjacent to an activating group) is 1. The number of nitrogens with one attached hydrogen (secondary N) is 1. The van der Waals surface area contributed by atoms with Crippen LogP contribution in [0.3, 0.4) is 0 Å². The molecule has 1 aliphatic rings. The van der Waals surface area contributed by atoms with Crippen molar-refractivity contribution in [1.82, 2.24) is 9.62 Å². The Kier molecular flexibility index (Phi) is 6.93. The van der Waals surface area contributed by atoms with E-state index in [0.717, 1.165) is 12.8 Å². The third kappa shape index (κ3) is 4.32. The lowest BCUT2D eigenvalue weighted by molar-refractivity contribution is 0.317. The highest BCUT2D eigenvalue weighted by atomic mass is 35.5. The van der Waals surface area contributed by atoms with Crippen LogP contribution < -0.4 is 10.1 Å². The Hall–Kier alpha value is -0.820. The second-order valence-electron chi connectivity index (χ2n) is 4.96. The van der Waals surface area contributed by atoms with E-state index in [2.05, 4.69) is 5.32 Å². The van der Waals surface area contributed by atoms with Crippen molar-refractivity contribution >= 4 is 22.4 Å². The number of nitrogens with zero attached hydrogens (tertiary/aromatic N) is 1. The zero-order valence-corrected chi connectivity index (χ0v) is 14.0. The second-order valence-corrected chi connectivity index (χ2v) is 6.90. The van der Waals surface area contributed by atoms with Crippen LogP contribution in [0.2, 0.25) is 0 Å². The fourth-order valence-electron chi connectivity index (χ4n) is 2.26. The SMILES string of the molecule is CCCOc1ccc(S(=O)(=O)N2CCC(NC)C2)cc1.Cl. The summed E-state index contributed by atoms with van der Waals surface area (Å²) in [6, 6.07) is 6.92. The monoisotopic (exact) mass is 334 g/mol. The summed E-state index contributed by atoms with van der Waals surface area (Å²) in [5, 5.41) is 3.12. The van der Waals surface area contributed by atoms with Crippen molar-refractivity contribution in [1.29, 1.82) is 0 Å². The summed E-state index contributed by atoms with van der Waals surface area (Å²) >= 11 is 0. The highest BCUT2D eigenvalue weighted by Crippen LogP contribution is 2.23. The Morgan fingerprint density at radius 1 is 1.33 bits per heavy atom. The van der Waals surface area contributed by atoms with Crippen molar-refractivity contribution in [2.45, 2.75) is 30.7 Å². The predicted octanol–water partition coefficient (Wildman–Crippen LogP) is 1.88. The lowest BCUT2D eigenvalue weighted by Gasteiger charge is -2.16. The fraction of sp³-hybridized carbons (Fsp3) is 0.571. The molecule has 1 aromatic rings. The average molecular weight is 335 g/mol. The number of rotatable bonds is 6. The van der Waals surface area contributed by atoms with E-state index in [4.69, 9.17) is 4.74 Å². The summed E-state index contributed by atoms with van der Waals surface area (Å²) in [5.41, 5.74) is 0. The minimum atomic E-state index is -3.38. The smallest absolute Gasteiger partial charge is 0.243 e. The van der Waals surface area contributed by atoms with E-state index < -0.39 is 10.0 Å². The molecule has 0 radical (unpaired) electrons. The zero-order chi connectivity index (χ0) is 14.6. The Balaban J connectivity index is 0.00000220. The van der Waals surface area contributed by atoms with Gasteiger partial charge in [-0.3, -0.25) is 0 Å². The summed E-state index contributed by atoms with van der Waals surface area (Å²) in [7, 11) is -1.52. The molecule has 0 aliphatic carbocycles. The highest BCUT2D eigenvalue weighted by molar-refractivity contribution is 7.89. The molecule has 21 heavy (non-hydrogen) atoms. The topological polar surface area (TPSA) is 58.6 Å². The van der Waals surface area contributed by atoms with E-state index in [9.17, 15) is 8.42 Å². The average Bonchev–Trinajstić information content (AvgIpc) is 2.95. The maximum Gasteiger partial charge on any atom is 0.243 e. The molecular formula is C14H23ClN2O3S. The molecule has 1 N–H and O–H groups in total. The van der Waals surface area contributed by atoms with Crippen molar-refractivity contribution < 1.29 is 13.2 Å². The van der Waals surface area contributed by atoms with E-state index >= 15 is 0 Å². The van der Waals surface area contributed by atoms with E-state index in [1.807, 2.05) is 14.0 Å². The van der Waals surface area contributed by atoms with Crippen LogP contribution in [0, 0.1) is 0 Å². The molecule has 1 aromatic carbocycles. The van der Waals surface area contributed by atoms with Gasteiger partial charge in [0.1, 0.15) is 5.75 Å². The summed E-state index contributed by atoms with van der Waals surface area (Å²) in [6.07, 6.45) is 1.78. The van der Waals surface area contributed by atoms with Gasteiger partial charge in [-0.15, -0.1) is 12.4 Å². The number of benzene rings is 1. The maximum atomic E-state index is 12.5. The summed E-state index contributed by atoms with van der Waals surface area (Å²) < 4.78 is 32.0. The van der Waals surface area contributed by atoms with Gasteiger partial charge in [0, 0.05) is 19.1 Å². The highest BCUT2D eigenvalue weighted by Gasteiger charge is 2.31. The zero-order valence-electron chi connectivity index (χ0n) is 12.4. The molecule has 1 unspecified atom stereocenters. The van der Waals surface area contributed by atoms with Gasteiger partial charge in [0.2, 0.25) is 10.0 Å². The van der Waals surface area contributed by atoms with Gasteiger partial charge >= 0.3 is 0 Å². The van der Waals surface area contributed by atoms with Crippen molar-refractivity contribution in [3.8, 4) is 5.75 Å². The quantitative estimate of drug-likeness (QED) is 0.863. The maximum absolute atomic E-state index is 12.5. The molecule has 120 valence electrons. The normalized spacial score (nSPS) is 19.2. The molecule has 1 atom stereocenters. The van der Waals surface area contributed by atoms with Crippen molar-refractivity contribution in [3.05, 3.63) is 24.3 Å². The Labute approximate surface area is 133 Å². The molecule has 2 rings (SSSR count). The molecule has 1 aliphatic heterocycles. The molecule has 7 heteroatoms. The van der Waals surface area contributed by atoms with Crippen molar-refractivity contribution in [2.75, 3.05) is 26.7 Å². The first-order valence-electron chi connectivity index (χ1n) is 6.98. The van der Waals surface area contributed by atoms with Crippen LogP contribution >= 0.6 is 12.4 Å². The van der Waals surface area contributed by atoms with Crippen molar-refractivity contribution in [3.63, 3.8) is 0 Å². The predicted molar refractivity (Wildman–Crippen MR) is 85.7 cm³/mol. The molecule has 1 saturated heterocycles. The summed E-state index contributed by atoms with van der Waals surface area (Å²) in [5.74, 6) is 0.709. The van der Waals surface area contributed by atoms with E-state index in [1.54, 1.807) is 24.3 Å². The van der Waals surface area contributed by atoms with E-state index in [-0.39, 0.29) is 18.4 Å².